The van der Waals surface area contributed by atoms with Crippen molar-refractivity contribution < 1.29 is 48.7 Å². The van der Waals surface area contributed by atoms with Gasteiger partial charge in [0.15, 0.2) is 0 Å². The molecule has 10 atom stereocenters. The molecule has 4 bridgehead atoms. The van der Waals surface area contributed by atoms with Gasteiger partial charge in [0.25, 0.3) is 0 Å². The SMILES string of the molecule is C.C.CC1(C)[C@@H]2C[C@H]1[C@@](C)(O)[C@@H](O)C2.CC1(C)[C@H]2C[C@@H]3OB(CCC[C@]4(C)CCNC4)O[C@]3(C)[C@@H]1C2.C[C@@]1(CCCB(O)O)CCNC1.O=C=O.O=C=O. The number of aliphatic hydroxyl groups is 2. The standard InChI is InChI=1S/C18H32BNO2.C10H18O2.C8H18BNO2.2CO2.2CH4/c1-16(2)13-10-14(16)18(4)15(11-13)21-19(22-18)8-5-6-17(3)7-9-20-12-17;1-9(2)6-4-7(9)10(3,12)8(11)5-6;1-8(4-6-10-7-8)3-2-5-9(11)12;2*2-1-3;;/h13-15,20H,5-12H2,1-4H3;6-8,11-12H,4-5H2,1-3H3;10-12H,2-7H2,1H3;;;2*1H4/t13-,14-,15+,17-,18-;6-,7-,8+,10-;8-;;;;/m111..../s1. The highest BCUT2D eigenvalue weighted by Crippen LogP contribution is 2.66. The van der Waals surface area contributed by atoms with Crippen LogP contribution in [0.2, 0.25) is 12.6 Å². The van der Waals surface area contributed by atoms with Crippen LogP contribution in [0, 0.1) is 45.3 Å². The minimum atomic E-state index is -1.12. The molecule has 0 unspecified atom stereocenters. The molecule has 3 heterocycles. The van der Waals surface area contributed by atoms with Crippen LogP contribution in [0.25, 0.3) is 0 Å². The molecule has 9 aliphatic rings. The summed E-state index contributed by atoms with van der Waals surface area (Å²) in [4.78, 5) is 32.5. The van der Waals surface area contributed by atoms with Crippen molar-refractivity contribution in [2.75, 3.05) is 26.2 Å². The van der Waals surface area contributed by atoms with E-state index in [1.165, 1.54) is 51.6 Å². The van der Waals surface area contributed by atoms with E-state index in [4.69, 9.17) is 38.5 Å². The monoisotopic (exact) mass is 767 g/mol. The van der Waals surface area contributed by atoms with Crippen molar-refractivity contribution in [1.29, 1.82) is 0 Å². The lowest BCUT2D eigenvalue weighted by Crippen LogP contribution is -2.66. The van der Waals surface area contributed by atoms with E-state index in [1.807, 2.05) is 0 Å². The zero-order valence-electron chi connectivity index (χ0n) is 33.2. The van der Waals surface area contributed by atoms with Gasteiger partial charge >= 0.3 is 26.5 Å². The van der Waals surface area contributed by atoms with Gasteiger partial charge < -0.3 is 40.2 Å². The summed E-state index contributed by atoms with van der Waals surface area (Å²) in [5.74, 6) is 2.45. The Morgan fingerprint density at radius 1 is 0.741 bits per heavy atom. The van der Waals surface area contributed by atoms with Gasteiger partial charge in [0, 0.05) is 13.1 Å². The molecule has 12 nitrogen and oxygen atoms in total. The molecular weight excluding hydrogens is 690 g/mol. The highest BCUT2D eigenvalue weighted by atomic mass is 16.7. The molecule has 9 fully saturated rings. The van der Waals surface area contributed by atoms with Crippen LogP contribution in [-0.4, -0.2) is 96.4 Å². The van der Waals surface area contributed by atoms with Crippen molar-refractivity contribution in [3.63, 3.8) is 0 Å². The molecule has 14 heteroatoms. The van der Waals surface area contributed by atoms with Crippen LogP contribution in [0.3, 0.4) is 0 Å². The van der Waals surface area contributed by atoms with Crippen molar-refractivity contribution >= 4 is 26.5 Å². The van der Waals surface area contributed by atoms with E-state index in [9.17, 15) is 10.2 Å². The molecule has 0 aromatic heterocycles. The molecule has 9 rings (SSSR count). The summed E-state index contributed by atoms with van der Waals surface area (Å²) in [6.45, 7) is 22.6. The number of hydrogen-bond donors (Lipinski definition) is 6. The molecule has 0 radical (unpaired) electrons. The molecule has 6 aliphatic carbocycles. The number of rotatable bonds is 8. The maximum absolute atomic E-state index is 10.0. The third kappa shape index (κ3) is 11.6. The first-order valence-corrected chi connectivity index (χ1v) is 19.7. The van der Waals surface area contributed by atoms with E-state index in [1.54, 1.807) is 6.92 Å². The van der Waals surface area contributed by atoms with Crippen LogP contribution >= 0.6 is 0 Å². The highest BCUT2D eigenvalue weighted by molar-refractivity contribution is 6.45. The Hall–Kier alpha value is -1.43. The Labute approximate surface area is 327 Å². The summed E-state index contributed by atoms with van der Waals surface area (Å²) in [7, 11) is -1.08. The van der Waals surface area contributed by atoms with E-state index in [2.05, 4.69) is 59.1 Å². The Bertz CT molecular complexity index is 1200. The van der Waals surface area contributed by atoms with E-state index in [-0.39, 0.29) is 45.3 Å². The molecular formula is C40H76B2N2O10. The smallest absolute Gasteiger partial charge is 0.427 e. The Morgan fingerprint density at radius 2 is 1.20 bits per heavy atom. The minimum absolute atomic E-state index is 0. The topological polar surface area (TPSA) is 192 Å². The van der Waals surface area contributed by atoms with E-state index in [0.29, 0.717) is 46.4 Å². The van der Waals surface area contributed by atoms with Crippen molar-refractivity contribution in [3.05, 3.63) is 0 Å². The number of fused-ring (bicyclic) bond motifs is 2. The fourth-order valence-electron chi connectivity index (χ4n) is 10.8. The molecule has 0 amide bonds. The quantitative estimate of drug-likeness (QED) is 0.182. The fraction of sp³-hybridized carbons (Fsp3) is 0.950. The van der Waals surface area contributed by atoms with Crippen LogP contribution in [-0.2, 0) is 28.5 Å². The summed E-state index contributed by atoms with van der Waals surface area (Å²) < 4.78 is 12.8. The van der Waals surface area contributed by atoms with E-state index < -0.39 is 18.8 Å². The molecule has 0 aromatic rings. The van der Waals surface area contributed by atoms with Crippen LogP contribution in [0.15, 0.2) is 0 Å². The van der Waals surface area contributed by atoms with Crippen LogP contribution < -0.4 is 10.6 Å². The van der Waals surface area contributed by atoms with Crippen molar-refractivity contribution in [1.82, 2.24) is 10.6 Å². The first-order valence-electron chi connectivity index (χ1n) is 19.7. The van der Waals surface area contributed by atoms with Crippen molar-refractivity contribution in [3.8, 4) is 0 Å². The van der Waals surface area contributed by atoms with Gasteiger partial charge in [0.2, 0.25) is 0 Å². The number of hydrogen-bond acceptors (Lipinski definition) is 12. The van der Waals surface area contributed by atoms with Gasteiger partial charge in [-0.05, 0) is 136 Å². The van der Waals surface area contributed by atoms with Crippen molar-refractivity contribution in [2.24, 2.45) is 45.3 Å². The lowest BCUT2D eigenvalue weighted by atomic mass is 9.43. The minimum Gasteiger partial charge on any atom is -0.427 e. The number of aliphatic hydroxyl groups excluding tert-OH is 1. The summed E-state index contributed by atoms with van der Waals surface area (Å²) in [5, 5.41) is 43.8. The molecule has 0 aromatic carbocycles. The summed E-state index contributed by atoms with van der Waals surface area (Å²) in [6, 6.07) is 0. The zero-order valence-corrected chi connectivity index (χ0v) is 33.2. The van der Waals surface area contributed by atoms with Gasteiger partial charge in [0.05, 0.1) is 23.4 Å². The Balaban J connectivity index is 0.000000393. The molecule has 3 aliphatic heterocycles. The summed E-state index contributed by atoms with van der Waals surface area (Å²) in [5.41, 5.74) is 0.711. The van der Waals surface area contributed by atoms with Crippen molar-refractivity contribution in [2.45, 2.75) is 171 Å². The lowest BCUT2D eigenvalue weighted by molar-refractivity contribution is -0.245. The van der Waals surface area contributed by atoms with E-state index in [0.717, 1.165) is 51.0 Å². The predicted molar refractivity (Wildman–Crippen MR) is 210 cm³/mol. The highest BCUT2D eigenvalue weighted by Gasteiger charge is 2.67. The third-order valence-corrected chi connectivity index (χ3v) is 14.7. The molecule has 0 spiro atoms. The summed E-state index contributed by atoms with van der Waals surface area (Å²) >= 11 is 0. The largest absolute Gasteiger partial charge is 0.457 e. The van der Waals surface area contributed by atoms with Gasteiger partial charge in [-0.1, -0.05) is 69.2 Å². The van der Waals surface area contributed by atoms with Gasteiger partial charge in [0.1, 0.15) is 0 Å². The Morgan fingerprint density at radius 3 is 1.61 bits per heavy atom. The second-order valence-electron chi connectivity index (χ2n) is 19.1. The Kier molecular flexibility index (Phi) is 19.0. The molecule has 54 heavy (non-hydrogen) atoms. The van der Waals surface area contributed by atoms with Gasteiger partial charge in [-0.25, -0.2) is 0 Å². The van der Waals surface area contributed by atoms with Crippen LogP contribution in [0.1, 0.15) is 134 Å². The molecule has 6 saturated carbocycles. The first-order chi connectivity index (χ1) is 24.2. The van der Waals surface area contributed by atoms with E-state index >= 15 is 0 Å². The number of nitrogens with one attached hydrogen (secondary N) is 2. The normalized spacial score (nSPS) is 39.3. The first kappa shape index (κ1) is 50.6. The number of carbonyl (C=O) groups excluding carboxylic acids is 4. The molecule has 312 valence electrons. The zero-order chi connectivity index (χ0) is 39.2. The lowest BCUT2D eigenvalue weighted by Gasteiger charge is -2.64. The second-order valence-corrected chi connectivity index (χ2v) is 19.1. The second kappa shape index (κ2) is 20.3. The van der Waals surface area contributed by atoms with Crippen LogP contribution in [0.5, 0.6) is 0 Å². The summed E-state index contributed by atoms with van der Waals surface area (Å²) in [6.07, 6.45) is 13.4. The average Bonchev–Trinajstić information content (AvgIpc) is 3.77. The molecule has 6 N–H and O–H groups in total. The van der Waals surface area contributed by atoms with Gasteiger partial charge in [-0.15, -0.1) is 0 Å². The average molecular weight is 767 g/mol. The van der Waals surface area contributed by atoms with Gasteiger partial charge in [-0.3, -0.25) is 0 Å². The fourth-order valence-corrected chi connectivity index (χ4v) is 10.8. The third-order valence-electron chi connectivity index (χ3n) is 14.7. The maximum Gasteiger partial charge on any atom is 0.457 e. The predicted octanol–water partition coefficient (Wildman–Crippen LogP) is 5.00. The maximum atomic E-state index is 10.0. The van der Waals surface area contributed by atoms with Gasteiger partial charge in [-0.2, -0.15) is 19.2 Å². The van der Waals surface area contributed by atoms with Crippen LogP contribution in [0.4, 0.5) is 0 Å². The molecule has 3 saturated heterocycles.